The van der Waals surface area contributed by atoms with Gasteiger partial charge in [-0.15, -0.1) is 0 Å². The number of nitrogens with one attached hydrogen (secondary N) is 1. The maximum absolute atomic E-state index is 9.61. The van der Waals surface area contributed by atoms with Crippen molar-refractivity contribution < 1.29 is 0 Å². The van der Waals surface area contributed by atoms with Crippen molar-refractivity contribution in [3.63, 3.8) is 0 Å². The Bertz CT molecular complexity index is 451. The molecule has 2 bridgehead atoms. The molecule has 3 heteroatoms. The number of nitriles is 1. The Morgan fingerprint density at radius 2 is 2.17 bits per heavy atom. The summed E-state index contributed by atoms with van der Waals surface area (Å²) >= 11 is 0. The zero-order chi connectivity index (χ0) is 12.4. The lowest BCUT2D eigenvalue weighted by atomic mass is 9.80. The largest absolute Gasteiger partial charge is 0.303 e. The van der Waals surface area contributed by atoms with Crippen molar-refractivity contribution in [1.82, 2.24) is 10.2 Å². The lowest BCUT2D eigenvalue weighted by molar-refractivity contribution is 0.174. The summed E-state index contributed by atoms with van der Waals surface area (Å²) in [5, 5.41) is 13.1. The van der Waals surface area contributed by atoms with E-state index in [1.807, 2.05) is 18.2 Å². The van der Waals surface area contributed by atoms with Crippen LogP contribution in [0.2, 0.25) is 0 Å². The predicted molar refractivity (Wildman–Crippen MR) is 70.8 cm³/mol. The zero-order valence-corrected chi connectivity index (χ0v) is 10.6. The van der Waals surface area contributed by atoms with E-state index in [1.54, 1.807) is 0 Å². The van der Waals surface area contributed by atoms with Crippen LogP contribution in [0.25, 0.3) is 0 Å². The highest BCUT2D eigenvalue weighted by atomic mass is 15.2. The van der Waals surface area contributed by atoms with Crippen LogP contribution in [0.3, 0.4) is 0 Å². The fraction of sp³-hybridized carbons (Fsp3) is 0.533. The van der Waals surface area contributed by atoms with E-state index in [4.69, 9.17) is 0 Å². The normalized spacial score (nSPS) is 34.2. The Morgan fingerprint density at radius 3 is 2.94 bits per heavy atom. The summed E-state index contributed by atoms with van der Waals surface area (Å²) in [7, 11) is 0. The third-order valence-electron chi connectivity index (χ3n) is 4.44. The molecule has 0 saturated carbocycles. The Kier molecular flexibility index (Phi) is 3.07. The van der Waals surface area contributed by atoms with Crippen LogP contribution in [0.15, 0.2) is 30.3 Å². The lowest BCUT2D eigenvalue weighted by Crippen LogP contribution is -2.55. The van der Waals surface area contributed by atoms with E-state index in [-0.39, 0.29) is 5.54 Å². The molecule has 0 radical (unpaired) electrons. The van der Waals surface area contributed by atoms with Gasteiger partial charge < -0.3 is 4.90 Å². The fourth-order valence-corrected chi connectivity index (χ4v) is 3.25. The first kappa shape index (κ1) is 11.7. The predicted octanol–water partition coefficient (Wildman–Crippen LogP) is 1.76. The molecule has 1 aromatic carbocycles. The highest BCUT2D eigenvalue weighted by Gasteiger charge is 2.46. The lowest BCUT2D eigenvalue weighted by Gasteiger charge is -2.38. The van der Waals surface area contributed by atoms with Gasteiger partial charge in [-0.25, -0.2) is 0 Å². The number of piperidine rings is 1. The first-order valence-corrected chi connectivity index (χ1v) is 6.75. The number of hydrogen-bond donors (Lipinski definition) is 1. The van der Waals surface area contributed by atoms with Crippen LogP contribution in [0.5, 0.6) is 0 Å². The molecular weight excluding hydrogens is 222 g/mol. The molecule has 0 aliphatic carbocycles. The maximum Gasteiger partial charge on any atom is 0.112 e. The zero-order valence-electron chi connectivity index (χ0n) is 10.6. The number of nitrogens with zero attached hydrogens (tertiary/aromatic N) is 2. The summed E-state index contributed by atoms with van der Waals surface area (Å²) in [5.74, 6) is 0.500. The van der Waals surface area contributed by atoms with Gasteiger partial charge in [0.15, 0.2) is 0 Å². The topological polar surface area (TPSA) is 39.1 Å². The van der Waals surface area contributed by atoms with E-state index in [1.165, 1.54) is 12.1 Å². The second kappa shape index (κ2) is 4.72. The Hall–Kier alpha value is -1.37. The van der Waals surface area contributed by atoms with Gasteiger partial charge in [-0.1, -0.05) is 30.3 Å². The first-order valence-electron chi connectivity index (χ1n) is 6.75. The standard InChI is InChI=1S/C15H19N3/c16-12-15(7-9-18-8-6-14(15)11-18)17-10-13-4-2-1-3-5-13/h1-5,14,17H,6-11H2. The second-order valence-electron chi connectivity index (χ2n) is 5.46. The third kappa shape index (κ3) is 2.03. The average Bonchev–Trinajstić information content (AvgIpc) is 2.84. The Labute approximate surface area is 108 Å². The number of benzene rings is 1. The van der Waals surface area contributed by atoms with Crippen molar-refractivity contribution in [2.45, 2.75) is 24.9 Å². The number of rotatable bonds is 3. The van der Waals surface area contributed by atoms with Crippen molar-refractivity contribution in [2.24, 2.45) is 5.92 Å². The quantitative estimate of drug-likeness (QED) is 0.876. The Balaban J connectivity index is 1.71. The SMILES string of the molecule is N#CC1(NCc2ccccc2)CCN2CCC1C2. The van der Waals surface area contributed by atoms with Crippen molar-refractivity contribution in [1.29, 1.82) is 5.26 Å². The molecule has 3 unspecified atom stereocenters. The third-order valence-corrected chi connectivity index (χ3v) is 4.44. The molecule has 18 heavy (non-hydrogen) atoms. The minimum Gasteiger partial charge on any atom is -0.303 e. The van der Waals surface area contributed by atoms with Gasteiger partial charge in [-0.2, -0.15) is 5.26 Å². The number of fused-ring (bicyclic) bond motifs is 2. The second-order valence-corrected chi connectivity index (χ2v) is 5.46. The summed E-state index contributed by atoms with van der Waals surface area (Å²) in [4.78, 5) is 2.48. The molecule has 2 heterocycles. The van der Waals surface area contributed by atoms with Gasteiger partial charge in [-0.3, -0.25) is 5.32 Å². The van der Waals surface area contributed by atoms with Crippen molar-refractivity contribution in [3.8, 4) is 6.07 Å². The first-order chi connectivity index (χ1) is 8.82. The van der Waals surface area contributed by atoms with Crippen molar-refractivity contribution >= 4 is 0 Å². The molecule has 1 aromatic rings. The van der Waals surface area contributed by atoms with Gasteiger partial charge in [0.1, 0.15) is 5.54 Å². The molecule has 2 aliphatic rings. The molecule has 2 saturated heterocycles. The molecule has 94 valence electrons. The smallest absolute Gasteiger partial charge is 0.112 e. The maximum atomic E-state index is 9.61. The minimum atomic E-state index is -0.303. The van der Waals surface area contributed by atoms with Crippen LogP contribution < -0.4 is 5.32 Å². The molecule has 1 N–H and O–H groups in total. The summed E-state index contributed by atoms with van der Waals surface area (Å²) in [6.45, 7) is 4.12. The highest BCUT2D eigenvalue weighted by molar-refractivity contribution is 5.19. The van der Waals surface area contributed by atoms with Crippen LogP contribution in [0.1, 0.15) is 18.4 Å². The van der Waals surface area contributed by atoms with Gasteiger partial charge in [0.05, 0.1) is 6.07 Å². The van der Waals surface area contributed by atoms with Gasteiger partial charge in [-0.05, 0) is 24.9 Å². The fourth-order valence-electron chi connectivity index (χ4n) is 3.25. The van der Waals surface area contributed by atoms with E-state index < -0.39 is 0 Å². The van der Waals surface area contributed by atoms with Gasteiger partial charge >= 0.3 is 0 Å². The van der Waals surface area contributed by atoms with E-state index in [9.17, 15) is 5.26 Å². The van der Waals surface area contributed by atoms with Crippen molar-refractivity contribution in [3.05, 3.63) is 35.9 Å². The van der Waals surface area contributed by atoms with E-state index in [0.29, 0.717) is 5.92 Å². The van der Waals surface area contributed by atoms with Crippen LogP contribution in [0.4, 0.5) is 0 Å². The number of hydrogen-bond acceptors (Lipinski definition) is 3. The van der Waals surface area contributed by atoms with Gasteiger partial charge in [0.25, 0.3) is 0 Å². The van der Waals surface area contributed by atoms with E-state index >= 15 is 0 Å². The molecular formula is C15H19N3. The van der Waals surface area contributed by atoms with Crippen LogP contribution in [-0.2, 0) is 6.54 Å². The van der Waals surface area contributed by atoms with Gasteiger partial charge in [0.2, 0.25) is 0 Å². The Morgan fingerprint density at radius 1 is 1.33 bits per heavy atom. The summed E-state index contributed by atoms with van der Waals surface area (Å²) in [6, 6.07) is 12.9. The molecule has 3 nitrogen and oxygen atoms in total. The van der Waals surface area contributed by atoms with E-state index in [0.717, 1.165) is 32.5 Å². The van der Waals surface area contributed by atoms with Crippen molar-refractivity contribution in [2.75, 3.05) is 19.6 Å². The monoisotopic (exact) mass is 241 g/mol. The molecule has 3 rings (SSSR count). The van der Waals surface area contributed by atoms with E-state index in [2.05, 4.69) is 28.4 Å². The molecule has 2 aliphatic heterocycles. The average molecular weight is 241 g/mol. The molecule has 2 fully saturated rings. The van der Waals surface area contributed by atoms with Crippen LogP contribution in [-0.4, -0.2) is 30.1 Å². The van der Waals surface area contributed by atoms with Gasteiger partial charge in [0, 0.05) is 25.6 Å². The molecule has 0 aromatic heterocycles. The summed E-state index contributed by atoms with van der Waals surface area (Å²) in [6.07, 6.45) is 2.12. The summed E-state index contributed by atoms with van der Waals surface area (Å²) < 4.78 is 0. The summed E-state index contributed by atoms with van der Waals surface area (Å²) in [5.41, 5.74) is 0.954. The highest BCUT2D eigenvalue weighted by Crippen LogP contribution is 2.35. The molecule has 0 spiro atoms. The van der Waals surface area contributed by atoms with Crippen LogP contribution >= 0.6 is 0 Å². The molecule has 0 amide bonds. The van der Waals surface area contributed by atoms with Crippen LogP contribution in [0, 0.1) is 17.2 Å². The molecule has 3 atom stereocenters. The minimum absolute atomic E-state index is 0.303.